The molecule has 0 nitrogen and oxygen atoms in total. The van der Waals surface area contributed by atoms with Gasteiger partial charge in [0.2, 0.25) is 0 Å². The molecule has 0 aliphatic rings. The first-order chi connectivity index (χ1) is 6.27. The lowest BCUT2D eigenvalue weighted by molar-refractivity contribution is 0.780. The highest BCUT2D eigenvalue weighted by atomic mass is 32.2. The van der Waals surface area contributed by atoms with Crippen molar-refractivity contribution in [3.8, 4) is 0 Å². The van der Waals surface area contributed by atoms with Gasteiger partial charge in [-0.05, 0) is 25.2 Å². The molecule has 0 saturated heterocycles. The predicted molar refractivity (Wildman–Crippen MR) is 62.3 cm³/mol. The lowest BCUT2D eigenvalue weighted by Gasteiger charge is -2.13. The quantitative estimate of drug-likeness (QED) is 0.692. The smallest absolute Gasteiger partial charge is 0.0294 e. The molecule has 0 heterocycles. The van der Waals surface area contributed by atoms with E-state index in [9.17, 15) is 0 Å². The number of aryl methyl sites for hydroxylation is 1. The van der Waals surface area contributed by atoms with Crippen molar-refractivity contribution in [1.82, 2.24) is 0 Å². The zero-order chi connectivity index (χ0) is 9.68. The van der Waals surface area contributed by atoms with Crippen molar-refractivity contribution in [2.75, 3.05) is 6.26 Å². The summed E-state index contributed by atoms with van der Waals surface area (Å²) in [5.74, 6) is 0. The van der Waals surface area contributed by atoms with Gasteiger partial charge in [0.25, 0.3) is 0 Å². The molecule has 1 aromatic rings. The van der Waals surface area contributed by atoms with Crippen molar-refractivity contribution in [3.05, 3.63) is 35.4 Å². The third-order valence-electron chi connectivity index (χ3n) is 2.28. The fraction of sp³-hybridized carbons (Fsp3) is 0.500. The molecular weight excluding hydrogens is 176 g/mol. The Morgan fingerprint density at radius 2 is 1.85 bits per heavy atom. The first-order valence-electron chi connectivity index (χ1n) is 4.87. The molecule has 0 N–H and O–H groups in total. The third kappa shape index (κ3) is 3.07. The Morgan fingerprint density at radius 1 is 1.23 bits per heavy atom. The van der Waals surface area contributed by atoms with E-state index in [0.29, 0.717) is 5.25 Å². The summed E-state index contributed by atoms with van der Waals surface area (Å²) < 4.78 is 0. The largest absolute Gasteiger partial charge is 0.157 e. The van der Waals surface area contributed by atoms with Crippen LogP contribution < -0.4 is 0 Å². The summed E-state index contributed by atoms with van der Waals surface area (Å²) in [5, 5.41) is 0.686. The average molecular weight is 194 g/mol. The third-order valence-corrected chi connectivity index (χ3v) is 3.36. The Hall–Kier alpha value is -0.430. The van der Waals surface area contributed by atoms with Crippen molar-refractivity contribution in [2.45, 2.75) is 31.9 Å². The molecule has 1 rings (SSSR count). The number of thioether (sulfide) groups is 1. The van der Waals surface area contributed by atoms with Crippen molar-refractivity contribution >= 4 is 11.8 Å². The van der Waals surface area contributed by atoms with E-state index in [-0.39, 0.29) is 0 Å². The highest BCUT2D eigenvalue weighted by Gasteiger charge is 2.07. The van der Waals surface area contributed by atoms with Crippen LogP contribution in [0.15, 0.2) is 24.3 Å². The maximum atomic E-state index is 2.26. The minimum Gasteiger partial charge on any atom is -0.157 e. The van der Waals surface area contributed by atoms with Gasteiger partial charge in [-0.3, -0.25) is 0 Å². The first-order valence-corrected chi connectivity index (χ1v) is 6.16. The molecule has 72 valence electrons. The molecule has 1 aromatic carbocycles. The second-order valence-corrected chi connectivity index (χ2v) is 4.46. The van der Waals surface area contributed by atoms with Gasteiger partial charge in [-0.15, -0.1) is 0 Å². The lowest BCUT2D eigenvalue weighted by Crippen LogP contribution is -1.92. The van der Waals surface area contributed by atoms with Gasteiger partial charge in [-0.25, -0.2) is 0 Å². The zero-order valence-corrected chi connectivity index (χ0v) is 9.53. The molecule has 0 amide bonds. The van der Waals surface area contributed by atoms with E-state index < -0.39 is 0 Å². The van der Waals surface area contributed by atoms with E-state index in [1.54, 1.807) is 0 Å². The van der Waals surface area contributed by atoms with Crippen molar-refractivity contribution < 1.29 is 0 Å². The summed E-state index contributed by atoms with van der Waals surface area (Å²) >= 11 is 1.95. The number of rotatable bonds is 4. The molecule has 0 aliphatic carbocycles. The van der Waals surface area contributed by atoms with Crippen LogP contribution in [0.25, 0.3) is 0 Å². The van der Waals surface area contributed by atoms with E-state index >= 15 is 0 Å². The normalized spacial score (nSPS) is 12.8. The van der Waals surface area contributed by atoms with Crippen molar-refractivity contribution in [1.29, 1.82) is 0 Å². The van der Waals surface area contributed by atoms with Gasteiger partial charge < -0.3 is 0 Å². The highest BCUT2D eigenvalue weighted by Crippen LogP contribution is 2.30. The molecule has 0 spiro atoms. The molecule has 1 heteroatoms. The molecule has 1 unspecified atom stereocenters. The predicted octanol–water partition coefficient (Wildman–Crippen LogP) is 4.20. The van der Waals surface area contributed by atoms with Crippen LogP contribution in [0, 0.1) is 6.92 Å². The highest BCUT2D eigenvalue weighted by molar-refractivity contribution is 7.98. The van der Waals surface area contributed by atoms with Gasteiger partial charge in [0.15, 0.2) is 0 Å². The SMILES string of the molecule is CCCC(SC)c1ccc(C)cc1. The van der Waals surface area contributed by atoms with E-state index in [4.69, 9.17) is 0 Å². The van der Waals surface area contributed by atoms with Gasteiger partial charge in [-0.1, -0.05) is 43.2 Å². The van der Waals surface area contributed by atoms with Crippen LogP contribution >= 0.6 is 11.8 Å². The molecular formula is C12H18S. The van der Waals surface area contributed by atoms with Gasteiger partial charge in [-0.2, -0.15) is 11.8 Å². The molecule has 0 radical (unpaired) electrons. The summed E-state index contributed by atoms with van der Waals surface area (Å²) in [4.78, 5) is 0. The molecule has 0 aromatic heterocycles. The van der Waals surface area contributed by atoms with Crippen LogP contribution in [0.2, 0.25) is 0 Å². The standard InChI is InChI=1S/C12H18S/c1-4-5-12(13-3)11-8-6-10(2)7-9-11/h6-9,12H,4-5H2,1-3H3. The fourth-order valence-electron chi connectivity index (χ4n) is 1.46. The molecule has 0 bridgehead atoms. The van der Waals surface area contributed by atoms with E-state index in [2.05, 4.69) is 44.4 Å². The lowest BCUT2D eigenvalue weighted by atomic mass is 10.1. The molecule has 13 heavy (non-hydrogen) atoms. The Morgan fingerprint density at radius 3 is 2.31 bits per heavy atom. The second kappa shape index (κ2) is 5.33. The van der Waals surface area contributed by atoms with Crippen LogP contribution in [0.4, 0.5) is 0 Å². The Kier molecular flexibility index (Phi) is 4.37. The van der Waals surface area contributed by atoms with Crippen LogP contribution in [0.5, 0.6) is 0 Å². The summed E-state index contributed by atoms with van der Waals surface area (Å²) in [7, 11) is 0. The van der Waals surface area contributed by atoms with Crippen LogP contribution in [0.1, 0.15) is 36.1 Å². The van der Waals surface area contributed by atoms with Crippen molar-refractivity contribution in [3.63, 3.8) is 0 Å². The minimum atomic E-state index is 0.686. The summed E-state index contributed by atoms with van der Waals surface area (Å²) in [6.07, 6.45) is 4.74. The molecule has 1 atom stereocenters. The van der Waals surface area contributed by atoms with Gasteiger partial charge >= 0.3 is 0 Å². The Balaban J connectivity index is 2.73. The van der Waals surface area contributed by atoms with Crippen LogP contribution in [-0.4, -0.2) is 6.26 Å². The van der Waals surface area contributed by atoms with E-state index in [0.717, 1.165) is 0 Å². The number of hydrogen-bond acceptors (Lipinski definition) is 1. The average Bonchev–Trinajstić information content (AvgIpc) is 2.16. The molecule has 0 saturated carbocycles. The number of benzene rings is 1. The van der Waals surface area contributed by atoms with Crippen LogP contribution in [0.3, 0.4) is 0 Å². The fourth-order valence-corrected chi connectivity index (χ4v) is 2.36. The Labute approximate surface area is 85.7 Å². The zero-order valence-electron chi connectivity index (χ0n) is 8.71. The van der Waals surface area contributed by atoms with E-state index in [1.807, 2.05) is 11.8 Å². The maximum absolute atomic E-state index is 2.26. The first kappa shape index (κ1) is 10.6. The molecule has 0 fully saturated rings. The van der Waals surface area contributed by atoms with Gasteiger partial charge in [0, 0.05) is 5.25 Å². The van der Waals surface area contributed by atoms with Gasteiger partial charge in [0.05, 0.1) is 0 Å². The summed E-state index contributed by atoms with van der Waals surface area (Å²) in [5.41, 5.74) is 2.82. The Bertz CT molecular complexity index is 238. The van der Waals surface area contributed by atoms with Gasteiger partial charge in [0.1, 0.15) is 0 Å². The van der Waals surface area contributed by atoms with Crippen molar-refractivity contribution in [2.24, 2.45) is 0 Å². The maximum Gasteiger partial charge on any atom is 0.0294 e. The minimum absolute atomic E-state index is 0.686. The summed E-state index contributed by atoms with van der Waals surface area (Å²) in [6.45, 7) is 4.38. The molecule has 0 aliphatic heterocycles. The second-order valence-electron chi connectivity index (χ2n) is 3.42. The number of hydrogen-bond donors (Lipinski definition) is 0. The monoisotopic (exact) mass is 194 g/mol. The summed E-state index contributed by atoms with van der Waals surface area (Å²) in [6, 6.07) is 8.92. The topological polar surface area (TPSA) is 0 Å². The van der Waals surface area contributed by atoms with E-state index in [1.165, 1.54) is 24.0 Å². The van der Waals surface area contributed by atoms with Crippen LogP contribution in [-0.2, 0) is 0 Å².